The van der Waals surface area contributed by atoms with Crippen LogP contribution in [0.15, 0.2) is 48.5 Å². The molecular formula is C16H12ClFO. The minimum atomic E-state index is -1.82. The van der Waals surface area contributed by atoms with Gasteiger partial charge in [0.25, 0.3) is 0 Å². The van der Waals surface area contributed by atoms with E-state index in [2.05, 4.69) is 0 Å². The van der Waals surface area contributed by atoms with Crippen LogP contribution < -0.4 is 0 Å². The number of hydrogen-bond donors (Lipinski definition) is 0. The molecule has 0 saturated heterocycles. The second-order valence-electron chi connectivity index (χ2n) is 4.93. The summed E-state index contributed by atoms with van der Waals surface area (Å²) in [6.07, 6.45) is 0.252. The van der Waals surface area contributed by atoms with Crippen molar-refractivity contribution in [3.05, 3.63) is 70.2 Å². The van der Waals surface area contributed by atoms with Crippen LogP contribution in [0, 0.1) is 0 Å². The zero-order valence-corrected chi connectivity index (χ0v) is 11.0. The quantitative estimate of drug-likeness (QED) is 0.808. The summed E-state index contributed by atoms with van der Waals surface area (Å²) in [6.45, 7) is 0. The van der Waals surface area contributed by atoms with Crippen molar-refractivity contribution in [1.29, 1.82) is 0 Å². The lowest BCUT2D eigenvalue weighted by atomic mass is 9.92. The summed E-state index contributed by atoms with van der Waals surface area (Å²) in [5, 5.41) is 0.609. The van der Waals surface area contributed by atoms with Gasteiger partial charge in [0.15, 0.2) is 5.67 Å². The highest BCUT2D eigenvalue weighted by Gasteiger charge is 2.45. The average molecular weight is 275 g/mol. The standard InChI is InChI=1S/C16H12ClFO/c17-13-7-5-11(6-8-13)9-16(18)10-12-3-1-2-4-14(12)15(16)19/h1-8H,9-10H2/t16-/m1/s1. The number of Topliss-reactive ketones (excluding diaryl/α,β-unsaturated/α-hetero) is 1. The van der Waals surface area contributed by atoms with Crippen molar-refractivity contribution in [3.63, 3.8) is 0 Å². The Morgan fingerprint density at radius 3 is 2.47 bits per heavy atom. The third-order valence-corrected chi connectivity index (χ3v) is 3.79. The molecule has 1 aliphatic rings. The average Bonchev–Trinajstić information content (AvgIpc) is 2.65. The van der Waals surface area contributed by atoms with Crippen LogP contribution >= 0.6 is 11.6 Å². The second-order valence-corrected chi connectivity index (χ2v) is 5.37. The number of carbonyl (C=O) groups is 1. The first kappa shape index (κ1) is 12.4. The fraction of sp³-hybridized carbons (Fsp3) is 0.188. The third-order valence-electron chi connectivity index (χ3n) is 3.54. The van der Waals surface area contributed by atoms with Crippen molar-refractivity contribution in [2.24, 2.45) is 0 Å². The zero-order chi connectivity index (χ0) is 13.5. The number of alkyl halides is 1. The Labute approximate surface area is 116 Å². The fourth-order valence-corrected chi connectivity index (χ4v) is 2.71. The first-order valence-electron chi connectivity index (χ1n) is 6.15. The Hall–Kier alpha value is -1.67. The third kappa shape index (κ3) is 2.17. The molecule has 0 heterocycles. The van der Waals surface area contributed by atoms with Gasteiger partial charge in [-0.1, -0.05) is 48.0 Å². The molecule has 2 aromatic carbocycles. The molecule has 0 aromatic heterocycles. The summed E-state index contributed by atoms with van der Waals surface area (Å²) >= 11 is 5.80. The summed E-state index contributed by atoms with van der Waals surface area (Å²) in [4.78, 5) is 12.2. The molecule has 0 bridgehead atoms. The van der Waals surface area contributed by atoms with Crippen LogP contribution in [0.3, 0.4) is 0 Å². The summed E-state index contributed by atoms with van der Waals surface area (Å²) in [6, 6.07) is 14.1. The van der Waals surface area contributed by atoms with E-state index in [0.717, 1.165) is 11.1 Å². The van der Waals surface area contributed by atoms with Crippen LogP contribution in [0.4, 0.5) is 4.39 Å². The molecule has 1 atom stereocenters. The van der Waals surface area contributed by atoms with E-state index in [1.807, 2.05) is 12.1 Å². The van der Waals surface area contributed by atoms with Gasteiger partial charge in [-0.05, 0) is 23.3 Å². The second kappa shape index (κ2) is 4.46. The predicted octanol–water partition coefficient (Wildman–Crippen LogP) is 4.03. The number of hydrogen-bond acceptors (Lipinski definition) is 1. The maximum atomic E-state index is 14.9. The highest BCUT2D eigenvalue weighted by Crippen LogP contribution is 2.35. The van der Waals surface area contributed by atoms with Crippen LogP contribution in [0.5, 0.6) is 0 Å². The lowest BCUT2D eigenvalue weighted by Crippen LogP contribution is -2.33. The first-order valence-corrected chi connectivity index (χ1v) is 6.52. The molecule has 1 aliphatic carbocycles. The van der Waals surface area contributed by atoms with Gasteiger partial charge >= 0.3 is 0 Å². The Balaban J connectivity index is 1.90. The maximum Gasteiger partial charge on any atom is 0.200 e. The van der Waals surface area contributed by atoms with Crippen molar-refractivity contribution in [3.8, 4) is 0 Å². The van der Waals surface area contributed by atoms with E-state index in [-0.39, 0.29) is 12.8 Å². The molecule has 2 aromatic rings. The molecule has 96 valence electrons. The molecule has 0 saturated carbocycles. The Bertz CT molecular complexity index is 635. The van der Waals surface area contributed by atoms with Gasteiger partial charge in [-0.25, -0.2) is 4.39 Å². The van der Waals surface area contributed by atoms with Gasteiger partial charge in [0, 0.05) is 23.4 Å². The lowest BCUT2D eigenvalue weighted by molar-refractivity contribution is 0.0720. The molecule has 3 rings (SSSR count). The van der Waals surface area contributed by atoms with Crippen molar-refractivity contribution in [2.75, 3.05) is 0 Å². The molecule has 0 fully saturated rings. The van der Waals surface area contributed by atoms with Gasteiger partial charge < -0.3 is 0 Å². The van der Waals surface area contributed by atoms with Gasteiger partial charge in [0.2, 0.25) is 5.78 Å². The number of fused-ring (bicyclic) bond motifs is 1. The Morgan fingerprint density at radius 2 is 1.79 bits per heavy atom. The topological polar surface area (TPSA) is 17.1 Å². The highest BCUT2D eigenvalue weighted by atomic mass is 35.5. The predicted molar refractivity (Wildman–Crippen MR) is 73.5 cm³/mol. The number of rotatable bonds is 2. The van der Waals surface area contributed by atoms with E-state index in [9.17, 15) is 9.18 Å². The summed E-state index contributed by atoms with van der Waals surface area (Å²) in [7, 11) is 0. The molecule has 0 amide bonds. The van der Waals surface area contributed by atoms with Crippen LogP contribution in [0.25, 0.3) is 0 Å². The van der Waals surface area contributed by atoms with Crippen LogP contribution in [0.1, 0.15) is 21.5 Å². The van der Waals surface area contributed by atoms with E-state index in [1.165, 1.54) is 0 Å². The maximum absolute atomic E-state index is 14.9. The summed E-state index contributed by atoms with van der Waals surface area (Å²) < 4.78 is 14.9. The van der Waals surface area contributed by atoms with Gasteiger partial charge in [-0.15, -0.1) is 0 Å². The zero-order valence-electron chi connectivity index (χ0n) is 10.2. The van der Waals surface area contributed by atoms with Crippen molar-refractivity contribution >= 4 is 17.4 Å². The molecule has 19 heavy (non-hydrogen) atoms. The molecule has 0 unspecified atom stereocenters. The number of ketones is 1. The summed E-state index contributed by atoms with van der Waals surface area (Å²) in [5.74, 6) is -0.405. The van der Waals surface area contributed by atoms with Gasteiger partial charge in [-0.2, -0.15) is 0 Å². The Kier molecular flexibility index (Phi) is 2.90. The van der Waals surface area contributed by atoms with Crippen molar-refractivity contribution < 1.29 is 9.18 Å². The smallest absolute Gasteiger partial charge is 0.200 e. The minimum absolute atomic E-state index is 0.0949. The minimum Gasteiger partial charge on any atom is -0.291 e. The number of carbonyl (C=O) groups excluding carboxylic acids is 1. The van der Waals surface area contributed by atoms with Gasteiger partial charge in [0.1, 0.15) is 0 Å². The molecule has 3 heteroatoms. The molecule has 0 aliphatic heterocycles. The van der Waals surface area contributed by atoms with Gasteiger partial charge in [0.05, 0.1) is 0 Å². The van der Waals surface area contributed by atoms with Crippen LogP contribution in [-0.4, -0.2) is 11.5 Å². The van der Waals surface area contributed by atoms with E-state index in [0.29, 0.717) is 10.6 Å². The summed E-state index contributed by atoms with van der Waals surface area (Å²) in [5.41, 5.74) is 0.272. The molecule has 0 radical (unpaired) electrons. The first-order chi connectivity index (χ1) is 9.08. The van der Waals surface area contributed by atoms with Crippen molar-refractivity contribution in [1.82, 2.24) is 0 Å². The van der Waals surface area contributed by atoms with Crippen LogP contribution in [-0.2, 0) is 12.8 Å². The monoisotopic (exact) mass is 274 g/mol. The van der Waals surface area contributed by atoms with E-state index in [4.69, 9.17) is 11.6 Å². The highest BCUT2D eigenvalue weighted by molar-refractivity contribution is 6.30. The normalized spacial score (nSPS) is 21.5. The molecule has 1 nitrogen and oxygen atoms in total. The number of benzene rings is 2. The van der Waals surface area contributed by atoms with E-state index < -0.39 is 11.5 Å². The van der Waals surface area contributed by atoms with Crippen molar-refractivity contribution in [2.45, 2.75) is 18.5 Å². The van der Waals surface area contributed by atoms with Crippen LogP contribution in [0.2, 0.25) is 5.02 Å². The van der Waals surface area contributed by atoms with E-state index >= 15 is 0 Å². The lowest BCUT2D eigenvalue weighted by Gasteiger charge is -2.17. The largest absolute Gasteiger partial charge is 0.291 e. The van der Waals surface area contributed by atoms with Gasteiger partial charge in [-0.3, -0.25) is 4.79 Å². The Morgan fingerprint density at radius 1 is 1.11 bits per heavy atom. The SMILES string of the molecule is O=C1c2ccccc2C[C@]1(F)Cc1ccc(Cl)cc1. The fourth-order valence-electron chi connectivity index (χ4n) is 2.59. The number of halogens is 2. The molecule has 0 spiro atoms. The molecular weight excluding hydrogens is 263 g/mol. The van der Waals surface area contributed by atoms with E-state index in [1.54, 1.807) is 36.4 Å². The molecule has 0 N–H and O–H groups in total.